The van der Waals surface area contributed by atoms with Crippen molar-refractivity contribution < 1.29 is 14.9 Å². The maximum Gasteiger partial charge on any atom is 0.162 e. The first-order valence-corrected chi connectivity index (χ1v) is 6.35. The number of benzene rings is 3. The van der Waals surface area contributed by atoms with Gasteiger partial charge in [0.15, 0.2) is 11.5 Å². The summed E-state index contributed by atoms with van der Waals surface area (Å²) in [6, 6.07) is 18.1. The number of fused-ring (bicyclic) bond motifs is 1. The van der Waals surface area contributed by atoms with Gasteiger partial charge in [0.2, 0.25) is 0 Å². The Morgan fingerprint density at radius 1 is 0.800 bits per heavy atom. The third-order valence-electron chi connectivity index (χ3n) is 3.16. The summed E-state index contributed by atoms with van der Waals surface area (Å²) < 4.78 is 5.64. The molecule has 3 heteroatoms. The lowest BCUT2D eigenvalue weighted by atomic mass is 10.1. The third kappa shape index (κ3) is 2.52. The summed E-state index contributed by atoms with van der Waals surface area (Å²) in [6.45, 7) is 0.339. The monoisotopic (exact) mass is 266 g/mol. The molecule has 0 aromatic heterocycles. The molecular formula is C17H14O3. The van der Waals surface area contributed by atoms with E-state index in [1.165, 1.54) is 0 Å². The summed E-state index contributed by atoms with van der Waals surface area (Å²) in [7, 11) is 0. The zero-order valence-electron chi connectivity index (χ0n) is 10.8. The molecule has 0 amide bonds. The van der Waals surface area contributed by atoms with E-state index in [9.17, 15) is 10.2 Å². The first kappa shape index (κ1) is 12.4. The Kier molecular flexibility index (Phi) is 3.17. The molecule has 3 nitrogen and oxygen atoms in total. The van der Waals surface area contributed by atoms with Crippen LogP contribution in [0.25, 0.3) is 10.8 Å². The van der Waals surface area contributed by atoms with Crippen LogP contribution >= 0.6 is 0 Å². The van der Waals surface area contributed by atoms with E-state index in [0.29, 0.717) is 12.4 Å². The molecule has 2 N–H and O–H groups in total. The molecule has 0 saturated heterocycles. The van der Waals surface area contributed by atoms with Gasteiger partial charge in [0.05, 0.1) is 0 Å². The molecule has 0 spiro atoms. The fraction of sp³-hybridized carbons (Fsp3) is 0.0588. The maximum atomic E-state index is 9.97. The number of rotatable bonds is 3. The van der Waals surface area contributed by atoms with Crippen LogP contribution in [0.5, 0.6) is 17.2 Å². The van der Waals surface area contributed by atoms with Crippen molar-refractivity contribution in [1.29, 1.82) is 0 Å². The lowest BCUT2D eigenvalue weighted by Crippen LogP contribution is -1.95. The molecule has 3 aromatic carbocycles. The Morgan fingerprint density at radius 2 is 1.45 bits per heavy atom. The predicted octanol–water partition coefficient (Wildman–Crippen LogP) is 3.83. The number of phenols is 2. The molecular weight excluding hydrogens is 252 g/mol. The van der Waals surface area contributed by atoms with Crippen LogP contribution in [-0.2, 0) is 6.61 Å². The molecule has 0 aliphatic carbocycles. The summed E-state index contributed by atoms with van der Waals surface area (Å²) >= 11 is 0. The summed E-state index contributed by atoms with van der Waals surface area (Å²) in [5.41, 5.74) is 0.926. The van der Waals surface area contributed by atoms with E-state index < -0.39 is 0 Å². The fourth-order valence-corrected chi connectivity index (χ4v) is 2.08. The number of ether oxygens (including phenoxy) is 1. The molecule has 0 atom stereocenters. The van der Waals surface area contributed by atoms with E-state index in [1.54, 1.807) is 30.3 Å². The standard InChI is InChI=1S/C17H14O3/c18-15-7-5-12(6-8-15)11-20-17-10-14-4-2-1-3-13(14)9-16(17)19/h1-10,18-19H,11H2. The van der Waals surface area contributed by atoms with Crippen LogP contribution < -0.4 is 4.74 Å². The smallest absolute Gasteiger partial charge is 0.162 e. The number of phenolic OH excluding ortho intramolecular Hbond substituents is 2. The Balaban J connectivity index is 1.83. The van der Waals surface area contributed by atoms with Gasteiger partial charge in [0.1, 0.15) is 12.4 Å². The normalized spacial score (nSPS) is 10.6. The minimum Gasteiger partial charge on any atom is -0.508 e. The summed E-state index contributed by atoms with van der Waals surface area (Å²) in [5.74, 6) is 0.807. The van der Waals surface area contributed by atoms with Crippen molar-refractivity contribution >= 4 is 10.8 Å². The van der Waals surface area contributed by atoms with Crippen LogP contribution in [0.1, 0.15) is 5.56 Å². The lowest BCUT2D eigenvalue weighted by Gasteiger charge is -2.09. The molecule has 100 valence electrons. The minimum atomic E-state index is 0.127. The number of hydrogen-bond donors (Lipinski definition) is 2. The molecule has 20 heavy (non-hydrogen) atoms. The van der Waals surface area contributed by atoms with Gasteiger partial charge in [-0.2, -0.15) is 0 Å². The molecule has 0 unspecified atom stereocenters. The molecule has 0 aliphatic rings. The van der Waals surface area contributed by atoms with Crippen molar-refractivity contribution in [3.63, 3.8) is 0 Å². The van der Waals surface area contributed by atoms with E-state index in [4.69, 9.17) is 4.74 Å². The largest absolute Gasteiger partial charge is 0.508 e. The average molecular weight is 266 g/mol. The van der Waals surface area contributed by atoms with Crippen LogP contribution in [0.2, 0.25) is 0 Å². The molecule has 0 bridgehead atoms. The highest BCUT2D eigenvalue weighted by Crippen LogP contribution is 2.31. The van der Waals surface area contributed by atoms with Crippen molar-refractivity contribution in [2.24, 2.45) is 0 Å². The van der Waals surface area contributed by atoms with Gasteiger partial charge in [-0.15, -0.1) is 0 Å². The number of aromatic hydroxyl groups is 2. The first-order chi connectivity index (χ1) is 9.72. The summed E-state index contributed by atoms with van der Waals surface area (Å²) in [4.78, 5) is 0. The molecule has 3 aromatic rings. The molecule has 3 rings (SSSR count). The fourth-order valence-electron chi connectivity index (χ4n) is 2.08. The summed E-state index contributed by atoms with van der Waals surface area (Å²) in [6.07, 6.45) is 0. The molecule has 0 saturated carbocycles. The van der Waals surface area contributed by atoms with Gasteiger partial charge in [-0.25, -0.2) is 0 Å². The van der Waals surface area contributed by atoms with E-state index in [2.05, 4.69) is 0 Å². The summed E-state index contributed by atoms with van der Waals surface area (Å²) in [5, 5.41) is 21.2. The highest BCUT2D eigenvalue weighted by atomic mass is 16.5. The second kappa shape index (κ2) is 5.13. The Labute approximate surface area is 116 Å². The van der Waals surface area contributed by atoms with Crippen LogP contribution in [0, 0.1) is 0 Å². The van der Waals surface area contributed by atoms with Crippen LogP contribution in [-0.4, -0.2) is 10.2 Å². The first-order valence-electron chi connectivity index (χ1n) is 6.35. The zero-order valence-corrected chi connectivity index (χ0v) is 10.8. The van der Waals surface area contributed by atoms with E-state index in [1.807, 2.05) is 30.3 Å². The van der Waals surface area contributed by atoms with E-state index in [0.717, 1.165) is 16.3 Å². The van der Waals surface area contributed by atoms with Gasteiger partial charge in [-0.1, -0.05) is 36.4 Å². The maximum absolute atomic E-state index is 9.97. The van der Waals surface area contributed by atoms with Crippen molar-refractivity contribution in [3.8, 4) is 17.2 Å². The van der Waals surface area contributed by atoms with E-state index in [-0.39, 0.29) is 11.5 Å². The van der Waals surface area contributed by atoms with Crippen LogP contribution in [0.15, 0.2) is 60.7 Å². The molecule has 0 fully saturated rings. The number of hydrogen-bond acceptors (Lipinski definition) is 3. The predicted molar refractivity (Wildman–Crippen MR) is 78.1 cm³/mol. The third-order valence-corrected chi connectivity index (χ3v) is 3.16. The topological polar surface area (TPSA) is 49.7 Å². The Morgan fingerprint density at radius 3 is 2.15 bits per heavy atom. The Bertz CT molecular complexity index is 733. The molecule has 0 heterocycles. The van der Waals surface area contributed by atoms with Gasteiger partial charge >= 0.3 is 0 Å². The van der Waals surface area contributed by atoms with Crippen molar-refractivity contribution in [3.05, 3.63) is 66.2 Å². The average Bonchev–Trinajstić information content (AvgIpc) is 2.47. The van der Waals surface area contributed by atoms with Gasteiger partial charge in [-0.05, 0) is 40.6 Å². The molecule has 0 radical (unpaired) electrons. The van der Waals surface area contributed by atoms with Crippen LogP contribution in [0.3, 0.4) is 0 Å². The quantitative estimate of drug-likeness (QED) is 0.757. The van der Waals surface area contributed by atoms with Crippen molar-refractivity contribution in [2.75, 3.05) is 0 Å². The van der Waals surface area contributed by atoms with Crippen LogP contribution in [0.4, 0.5) is 0 Å². The molecule has 0 aliphatic heterocycles. The second-order valence-electron chi connectivity index (χ2n) is 4.62. The minimum absolute atomic E-state index is 0.127. The van der Waals surface area contributed by atoms with Crippen molar-refractivity contribution in [1.82, 2.24) is 0 Å². The second-order valence-corrected chi connectivity index (χ2v) is 4.62. The van der Waals surface area contributed by atoms with Gasteiger partial charge in [0, 0.05) is 0 Å². The lowest BCUT2D eigenvalue weighted by molar-refractivity contribution is 0.289. The van der Waals surface area contributed by atoms with Gasteiger partial charge in [-0.3, -0.25) is 0 Å². The van der Waals surface area contributed by atoms with E-state index >= 15 is 0 Å². The van der Waals surface area contributed by atoms with Crippen molar-refractivity contribution in [2.45, 2.75) is 6.61 Å². The zero-order chi connectivity index (χ0) is 13.9. The van der Waals surface area contributed by atoms with Gasteiger partial charge in [0.25, 0.3) is 0 Å². The SMILES string of the molecule is Oc1ccc(COc2cc3ccccc3cc2O)cc1. The highest BCUT2D eigenvalue weighted by Gasteiger charge is 2.05. The highest BCUT2D eigenvalue weighted by molar-refractivity contribution is 5.85. The Hall–Kier alpha value is -2.68. The van der Waals surface area contributed by atoms with Gasteiger partial charge < -0.3 is 14.9 Å².